The lowest BCUT2D eigenvalue weighted by Crippen LogP contribution is -2.40. The fourth-order valence-electron chi connectivity index (χ4n) is 3.52. The van der Waals surface area contributed by atoms with E-state index < -0.39 is 0 Å². The SMILES string of the molecule is CCc1[nH]ncc1C(=O)N1CC(SC)C(N2CCCC2)C1. The molecule has 2 saturated heterocycles. The lowest BCUT2D eigenvalue weighted by Gasteiger charge is -2.26. The predicted octanol–water partition coefficient (Wildman–Crippen LogP) is 1.62. The molecule has 1 aromatic heterocycles. The van der Waals surface area contributed by atoms with Crippen LogP contribution in [0, 0.1) is 0 Å². The van der Waals surface area contributed by atoms with Gasteiger partial charge in [-0.25, -0.2) is 0 Å². The molecule has 2 atom stereocenters. The monoisotopic (exact) mass is 308 g/mol. The number of nitrogens with one attached hydrogen (secondary N) is 1. The van der Waals surface area contributed by atoms with Gasteiger partial charge in [-0.05, 0) is 38.6 Å². The van der Waals surface area contributed by atoms with Crippen molar-refractivity contribution in [2.24, 2.45) is 0 Å². The highest BCUT2D eigenvalue weighted by atomic mass is 32.2. The van der Waals surface area contributed by atoms with Gasteiger partial charge in [0, 0.05) is 30.1 Å². The van der Waals surface area contributed by atoms with Gasteiger partial charge in [-0.2, -0.15) is 16.9 Å². The molecule has 1 N–H and O–H groups in total. The predicted molar refractivity (Wildman–Crippen MR) is 85.8 cm³/mol. The van der Waals surface area contributed by atoms with Crippen molar-refractivity contribution < 1.29 is 4.79 Å². The second-order valence-electron chi connectivity index (χ2n) is 5.91. The van der Waals surface area contributed by atoms with Crippen LogP contribution in [0.3, 0.4) is 0 Å². The standard InChI is InChI=1S/C15H24N4OS/c1-3-12-11(8-16-17-12)15(20)19-9-13(14(10-19)21-2)18-6-4-5-7-18/h8,13-14H,3-7,9-10H2,1-2H3,(H,16,17). The fourth-order valence-corrected chi connectivity index (χ4v) is 4.42. The van der Waals surface area contributed by atoms with Crippen LogP contribution in [0.1, 0.15) is 35.8 Å². The quantitative estimate of drug-likeness (QED) is 0.918. The van der Waals surface area contributed by atoms with Crippen molar-refractivity contribution in [3.8, 4) is 0 Å². The number of hydrogen-bond acceptors (Lipinski definition) is 4. The molecule has 5 nitrogen and oxygen atoms in total. The van der Waals surface area contributed by atoms with E-state index in [-0.39, 0.29) is 5.91 Å². The maximum absolute atomic E-state index is 12.7. The zero-order valence-corrected chi connectivity index (χ0v) is 13.7. The largest absolute Gasteiger partial charge is 0.336 e. The Morgan fingerprint density at radius 2 is 2.19 bits per heavy atom. The molecule has 0 aliphatic carbocycles. The van der Waals surface area contributed by atoms with Gasteiger partial charge in [-0.1, -0.05) is 6.92 Å². The van der Waals surface area contributed by atoms with Crippen molar-refractivity contribution in [2.75, 3.05) is 32.4 Å². The second-order valence-corrected chi connectivity index (χ2v) is 6.99. The van der Waals surface area contributed by atoms with E-state index in [1.807, 2.05) is 23.6 Å². The van der Waals surface area contributed by atoms with Crippen LogP contribution in [-0.4, -0.2) is 69.6 Å². The average molecular weight is 308 g/mol. The van der Waals surface area contributed by atoms with Gasteiger partial charge >= 0.3 is 0 Å². The number of rotatable bonds is 4. The van der Waals surface area contributed by atoms with Crippen LogP contribution in [0.5, 0.6) is 0 Å². The number of aromatic amines is 1. The number of thioether (sulfide) groups is 1. The van der Waals surface area contributed by atoms with Crippen LogP contribution in [0.25, 0.3) is 0 Å². The summed E-state index contributed by atoms with van der Waals surface area (Å²) < 4.78 is 0. The number of likely N-dealkylation sites (tertiary alicyclic amines) is 2. The third-order valence-electron chi connectivity index (χ3n) is 4.74. The first kappa shape index (κ1) is 14.9. The molecule has 116 valence electrons. The molecular weight excluding hydrogens is 284 g/mol. The number of amides is 1. The van der Waals surface area contributed by atoms with E-state index in [0.717, 1.165) is 30.8 Å². The normalized spacial score (nSPS) is 26.7. The highest BCUT2D eigenvalue weighted by Crippen LogP contribution is 2.29. The van der Waals surface area contributed by atoms with Crippen molar-refractivity contribution >= 4 is 17.7 Å². The summed E-state index contributed by atoms with van der Waals surface area (Å²) in [6.45, 7) is 6.14. The molecule has 2 aliphatic heterocycles. The topological polar surface area (TPSA) is 52.2 Å². The minimum atomic E-state index is 0.140. The Morgan fingerprint density at radius 1 is 1.43 bits per heavy atom. The minimum absolute atomic E-state index is 0.140. The third kappa shape index (κ3) is 2.83. The number of nitrogens with zero attached hydrogens (tertiary/aromatic N) is 3. The van der Waals surface area contributed by atoms with E-state index >= 15 is 0 Å². The molecule has 0 bridgehead atoms. The molecule has 21 heavy (non-hydrogen) atoms. The van der Waals surface area contributed by atoms with E-state index in [1.165, 1.54) is 25.9 Å². The van der Waals surface area contributed by atoms with Gasteiger partial charge in [0.2, 0.25) is 0 Å². The van der Waals surface area contributed by atoms with Crippen LogP contribution in [0.15, 0.2) is 6.20 Å². The summed E-state index contributed by atoms with van der Waals surface area (Å²) in [4.78, 5) is 17.3. The Kier molecular flexibility index (Phi) is 4.54. The molecular formula is C15H24N4OS. The lowest BCUT2D eigenvalue weighted by atomic mass is 10.2. The number of H-pyrrole nitrogens is 1. The van der Waals surface area contributed by atoms with E-state index in [4.69, 9.17) is 0 Å². The van der Waals surface area contributed by atoms with Crippen molar-refractivity contribution in [3.63, 3.8) is 0 Å². The molecule has 0 radical (unpaired) electrons. The number of aryl methyl sites for hydroxylation is 1. The van der Waals surface area contributed by atoms with E-state index in [9.17, 15) is 4.79 Å². The maximum Gasteiger partial charge on any atom is 0.257 e. The molecule has 2 unspecified atom stereocenters. The zero-order valence-electron chi connectivity index (χ0n) is 12.8. The molecule has 0 spiro atoms. The third-order valence-corrected chi connectivity index (χ3v) is 5.81. The van der Waals surface area contributed by atoms with Crippen molar-refractivity contribution in [2.45, 2.75) is 37.5 Å². The van der Waals surface area contributed by atoms with Crippen molar-refractivity contribution in [1.82, 2.24) is 20.0 Å². The molecule has 3 rings (SSSR count). The van der Waals surface area contributed by atoms with Crippen LogP contribution in [0.4, 0.5) is 0 Å². The van der Waals surface area contributed by atoms with E-state index in [1.54, 1.807) is 6.20 Å². The Morgan fingerprint density at radius 3 is 2.86 bits per heavy atom. The number of carbonyl (C=O) groups is 1. The van der Waals surface area contributed by atoms with E-state index in [0.29, 0.717) is 11.3 Å². The molecule has 2 aliphatic rings. The molecule has 2 fully saturated rings. The van der Waals surface area contributed by atoms with Gasteiger partial charge in [0.05, 0.1) is 11.8 Å². The first-order chi connectivity index (χ1) is 10.2. The van der Waals surface area contributed by atoms with Crippen LogP contribution >= 0.6 is 11.8 Å². The van der Waals surface area contributed by atoms with Crippen molar-refractivity contribution in [1.29, 1.82) is 0 Å². The van der Waals surface area contributed by atoms with Gasteiger partial charge in [0.1, 0.15) is 0 Å². The summed E-state index contributed by atoms with van der Waals surface area (Å²) in [5.41, 5.74) is 1.70. The summed E-state index contributed by atoms with van der Waals surface area (Å²) in [6.07, 6.45) is 7.26. The van der Waals surface area contributed by atoms with Crippen LogP contribution < -0.4 is 0 Å². The Labute approximate surface area is 130 Å². The molecule has 0 saturated carbocycles. The zero-order chi connectivity index (χ0) is 14.8. The van der Waals surface area contributed by atoms with Gasteiger partial charge in [-0.15, -0.1) is 0 Å². The van der Waals surface area contributed by atoms with Gasteiger partial charge in [0.15, 0.2) is 0 Å². The molecule has 6 heteroatoms. The average Bonchev–Trinajstić information content (AvgIpc) is 3.23. The fraction of sp³-hybridized carbons (Fsp3) is 0.733. The minimum Gasteiger partial charge on any atom is -0.336 e. The van der Waals surface area contributed by atoms with Crippen molar-refractivity contribution in [3.05, 3.63) is 17.5 Å². The lowest BCUT2D eigenvalue weighted by molar-refractivity contribution is 0.0779. The second kappa shape index (κ2) is 6.40. The molecule has 0 aromatic carbocycles. The Hall–Kier alpha value is -1.01. The number of carbonyl (C=O) groups excluding carboxylic acids is 1. The first-order valence-corrected chi connectivity index (χ1v) is 9.11. The van der Waals surface area contributed by atoms with Gasteiger partial charge in [0.25, 0.3) is 5.91 Å². The number of aromatic nitrogens is 2. The Balaban J connectivity index is 1.73. The highest BCUT2D eigenvalue weighted by molar-refractivity contribution is 7.99. The van der Waals surface area contributed by atoms with Crippen LogP contribution in [0.2, 0.25) is 0 Å². The summed E-state index contributed by atoms with van der Waals surface area (Å²) in [7, 11) is 0. The van der Waals surface area contributed by atoms with Gasteiger partial charge < -0.3 is 4.90 Å². The summed E-state index contributed by atoms with van der Waals surface area (Å²) in [5, 5.41) is 7.50. The summed E-state index contributed by atoms with van der Waals surface area (Å²) >= 11 is 1.90. The van der Waals surface area contributed by atoms with Gasteiger partial charge in [-0.3, -0.25) is 14.8 Å². The highest BCUT2D eigenvalue weighted by Gasteiger charge is 2.39. The van der Waals surface area contributed by atoms with Crippen LogP contribution in [-0.2, 0) is 6.42 Å². The smallest absolute Gasteiger partial charge is 0.257 e. The summed E-state index contributed by atoms with van der Waals surface area (Å²) in [6, 6.07) is 0.517. The van der Waals surface area contributed by atoms with E-state index in [2.05, 4.69) is 21.4 Å². The first-order valence-electron chi connectivity index (χ1n) is 7.83. The number of hydrogen-bond donors (Lipinski definition) is 1. The molecule has 3 heterocycles. The molecule has 1 amide bonds. The molecule has 1 aromatic rings. The maximum atomic E-state index is 12.7. The Bertz CT molecular complexity index is 498. The summed E-state index contributed by atoms with van der Waals surface area (Å²) in [5.74, 6) is 0.140.